The van der Waals surface area contributed by atoms with Gasteiger partial charge in [0.15, 0.2) is 0 Å². The molecule has 2 amide bonds. The largest absolute Gasteiger partial charge is 0.357 e. The third-order valence-electron chi connectivity index (χ3n) is 5.87. The first-order valence-electron chi connectivity index (χ1n) is 11.5. The molecule has 0 radical (unpaired) electrons. The number of likely N-dealkylation sites (N-methyl/N-ethyl adjacent to an activating group) is 1. The standard InChI is InChI=1S/C27H30ClN3O4S/c1-20-8-7-11-24(18-20)31(36(34,35)25-14-12-23(28)13-15-25)19-26(32)30(21(2)27(33)29-3)17-16-22-9-5-4-6-10-22/h4-15,18,21H,16-17,19H2,1-3H3,(H,29,33)/t21-/m1/s1. The van der Waals surface area contributed by atoms with Crippen molar-refractivity contribution in [2.75, 3.05) is 24.4 Å². The zero-order valence-corrected chi connectivity index (χ0v) is 22.1. The maximum Gasteiger partial charge on any atom is 0.264 e. The number of halogens is 1. The summed E-state index contributed by atoms with van der Waals surface area (Å²) in [6.07, 6.45) is 0.516. The number of hydrogen-bond donors (Lipinski definition) is 1. The molecule has 0 unspecified atom stereocenters. The molecule has 1 N–H and O–H groups in total. The molecule has 0 aliphatic rings. The number of rotatable bonds is 10. The van der Waals surface area contributed by atoms with E-state index in [9.17, 15) is 18.0 Å². The van der Waals surface area contributed by atoms with Crippen LogP contribution in [0, 0.1) is 6.92 Å². The SMILES string of the molecule is CNC(=O)[C@@H](C)N(CCc1ccccc1)C(=O)CN(c1cccc(C)c1)S(=O)(=O)c1ccc(Cl)cc1. The molecule has 3 aromatic carbocycles. The average Bonchev–Trinajstić information content (AvgIpc) is 2.87. The first-order chi connectivity index (χ1) is 17.1. The first kappa shape index (κ1) is 27.2. The minimum absolute atomic E-state index is 0.0105. The van der Waals surface area contributed by atoms with Gasteiger partial charge >= 0.3 is 0 Å². The van der Waals surface area contributed by atoms with Crippen molar-refractivity contribution in [3.05, 3.63) is 95.0 Å². The Morgan fingerprint density at radius 2 is 1.64 bits per heavy atom. The summed E-state index contributed by atoms with van der Waals surface area (Å²) in [6, 6.07) is 21.5. The molecule has 0 bridgehead atoms. The fourth-order valence-corrected chi connectivity index (χ4v) is 5.36. The molecule has 0 spiro atoms. The van der Waals surface area contributed by atoms with Gasteiger partial charge in [-0.3, -0.25) is 13.9 Å². The maximum atomic E-state index is 13.7. The van der Waals surface area contributed by atoms with Crippen molar-refractivity contribution in [3.63, 3.8) is 0 Å². The zero-order chi connectivity index (χ0) is 26.3. The predicted octanol–water partition coefficient (Wildman–Crippen LogP) is 4.05. The molecule has 36 heavy (non-hydrogen) atoms. The molecule has 7 nitrogen and oxygen atoms in total. The van der Waals surface area contributed by atoms with Crippen LogP contribution in [0.25, 0.3) is 0 Å². The second kappa shape index (κ2) is 12.1. The van der Waals surface area contributed by atoms with Crippen molar-refractivity contribution < 1.29 is 18.0 Å². The van der Waals surface area contributed by atoms with E-state index >= 15 is 0 Å². The molecular formula is C27H30ClN3O4S. The summed E-state index contributed by atoms with van der Waals surface area (Å²) in [7, 11) is -2.61. The van der Waals surface area contributed by atoms with Crippen molar-refractivity contribution in [3.8, 4) is 0 Å². The molecule has 0 heterocycles. The molecule has 0 fully saturated rings. The van der Waals surface area contributed by atoms with E-state index in [1.165, 1.54) is 36.2 Å². The summed E-state index contributed by atoms with van der Waals surface area (Å²) in [6.45, 7) is 3.26. The lowest BCUT2D eigenvalue weighted by Crippen LogP contribution is -2.51. The van der Waals surface area contributed by atoms with Gasteiger partial charge < -0.3 is 10.2 Å². The van der Waals surface area contributed by atoms with E-state index < -0.39 is 28.5 Å². The van der Waals surface area contributed by atoms with Crippen LogP contribution in [0.3, 0.4) is 0 Å². The molecule has 0 saturated heterocycles. The van der Waals surface area contributed by atoms with Crippen LogP contribution in [0.1, 0.15) is 18.1 Å². The number of hydrogen-bond acceptors (Lipinski definition) is 4. The highest BCUT2D eigenvalue weighted by molar-refractivity contribution is 7.92. The topological polar surface area (TPSA) is 86.8 Å². The summed E-state index contributed by atoms with van der Waals surface area (Å²) >= 11 is 5.96. The minimum atomic E-state index is -4.11. The second-order valence-corrected chi connectivity index (χ2v) is 10.7. The van der Waals surface area contributed by atoms with Crippen LogP contribution in [0.5, 0.6) is 0 Å². The molecule has 9 heteroatoms. The Hall–Kier alpha value is -3.36. The fraction of sp³-hybridized carbons (Fsp3) is 0.259. The zero-order valence-electron chi connectivity index (χ0n) is 20.5. The number of amides is 2. The minimum Gasteiger partial charge on any atom is -0.357 e. The van der Waals surface area contributed by atoms with E-state index in [0.29, 0.717) is 17.1 Å². The Kier molecular flexibility index (Phi) is 9.12. The predicted molar refractivity (Wildman–Crippen MR) is 143 cm³/mol. The number of benzene rings is 3. The Balaban J connectivity index is 1.97. The lowest BCUT2D eigenvalue weighted by molar-refractivity contribution is -0.138. The van der Waals surface area contributed by atoms with Crippen LogP contribution >= 0.6 is 11.6 Å². The first-order valence-corrected chi connectivity index (χ1v) is 13.3. The van der Waals surface area contributed by atoms with Crippen LogP contribution in [0.2, 0.25) is 5.02 Å². The van der Waals surface area contributed by atoms with Gasteiger partial charge in [0.1, 0.15) is 12.6 Å². The van der Waals surface area contributed by atoms with Crippen molar-refractivity contribution in [2.45, 2.75) is 31.2 Å². The van der Waals surface area contributed by atoms with Gasteiger partial charge in [0, 0.05) is 18.6 Å². The van der Waals surface area contributed by atoms with Crippen molar-refractivity contribution in [2.24, 2.45) is 0 Å². The van der Waals surface area contributed by atoms with Crippen LogP contribution in [-0.2, 0) is 26.0 Å². The number of carbonyl (C=O) groups is 2. The highest BCUT2D eigenvalue weighted by Gasteiger charge is 2.32. The molecule has 1 atom stereocenters. The quantitative estimate of drug-likeness (QED) is 0.431. The third kappa shape index (κ3) is 6.65. The number of aryl methyl sites for hydroxylation is 1. The van der Waals surface area contributed by atoms with Gasteiger partial charge in [-0.1, -0.05) is 54.1 Å². The third-order valence-corrected chi connectivity index (χ3v) is 7.91. The normalized spacial score (nSPS) is 12.0. The highest BCUT2D eigenvalue weighted by Crippen LogP contribution is 2.26. The Morgan fingerprint density at radius 1 is 0.972 bits per heavy atom. The number of nitrogens with one attached hydrogen (secondary N) is 1. The number of nitrogens with zero attached hydrogens (tertiary/aromatic N) is 2. The summed E-state index contributed by atoms with van der Waals surface area (Å²) in [5.41, 5.74) is 2.20. The molecule has 3 aromatic rings. The van der Waals surface area contributed by atoms with Crippen molar-refractivity contribution in [1.82, 2.24) is 10.2 Å². The Morgan fingerprint density at radius 3 is 2.25 bits per heavy atom. The molecule has 0 aliphatic carbocycles. The van der Waals surface area contributed by atoms with Gasteiger partial charge in [0.05, 0.1) is 10.6 Å². The van der Waals surface area contributed by atoms with E-state index in [2.05, 4.69) is 5.32 Å². The summed E-state index contributed by atoms with van der Waals surface area (Å²) in [5.74, 6) is -0.819. The van der Waals surface area contributed by atoms with E-state index in [-0.39, 0.29) is 17.3 Å². The average molecular weight is 528 g/mol. The van der Waals surface area contributed by atoms with Crippen molar-refractivity contribution in [1.29, 1.82) is 0 Å². The Labute approximate surface area is 217 Å². The second-order valence-electron chi connectivity index (χ2n) is 8.42. The maximum absolute atomic E-state index is 13.7. The number of sulfonamides is 1. The molecule has 3 rings (SSSR count). The van der Waals surface area contributed by atoms with Gasteiger partial charge in [-0.15, -0.1) is 0 Å². The molecule has 0 saturated carbocycles. The van der Waals surface area contributed by atoms with Crippen LogP contribution < -0.4 is 9.62 Å². The van der Waals surface area contributed by atoms with Gasteiger partial charge in [-0.05, 0) is 67.8 Å². The highest BCUT2D eigenvalue weighted by atomic mass is 35.5. The van der Waals surface area contributed by atoms with E-state index in [1.54, 1.807) is 25.1 Å². The van der Waals surface area contributed by atoms with Gasteiger partial charge in [0.2, 0.25) is 11.8 Å². The fourth-order valence-electron chi connectivity index (χ4n) is 3.82. The lowest BCUT2D eigenvalue weighted by atomic mass is 10.1. The molecule has 190 valence electrons. The monoisotopic (exact) mass is 527 g/mol. The van der Waals surface area contributed by atoms with E-state index in [0.717, 1.165) is 15.4 Å². The van der Waals surface area contributed by atoms with Gasteiger partial charge in [-0.2, -0.15) is 0 Å². The van der Waals surface area contributed by atoms with E-state index in [4.69, 9.17) is 11.6 Å². The van der Waals surface area contributed by atoms with Crippen LogP contribution in [-0.4, -0.2) is 51.3 Å². The van der Waals surface area contributed by atoms with Crippen LogP contribution in [0.15, 0.2) is 83.8 Å². The molecule has 0 aromatic heterocycles. The summed E-state index contributed by atoms with van der Waals surface area (Å²) in [4.78, 5) is 27.5. The lowest BCUT2D eigenvalue weighted by Gasteiger charge is -2.31. The number of anilines is 1. The Bertz CT molecular complexity index is 1300. The smallest absolute Gasteiger partial charge is 0.264 e. The number of carbonyl (C=O) groups excluding carboxylic acids is 2. The van der Waals surface area contributed by atoms with Gasteiger partial charge in [-0.25, -0.2) is 8.42 Å². The van der Waals surface area contributed by atoms with E-state index in [1.807, 2.05) is 43.3 Å². The van der Waals surface area contributed by atoms with Gasteiger partial charge in [0.25, 0.3) is 10.0 Å². The molecule has 0 aliphatic heterocycles. The van der Waals surface area contributed by atoms with Crippen LogP contribution in [0.4, 0.5) is 5.69 Å². The summed E-state index contributed by atoms with van der Waals surface area (Å²) in [5, 5.41) is 2.98. The summed E-state index contributed by atoms with van der Waals surface area (Å²) < 4.78 is 28.5. The van der Waals surface area contributed by atoms with Crippen molar-refractivity contribution >= 4 is 39.1 Å². The molecular weight excluding hydrogens is 498 g/mol.